The van der Waals surface area contributed by atoms with E-state index < -0.39 is 24.2 Å². The first-order valence-corrected chi connectivity index (χ1v) is 4.25. The maximum Gasteiger partial charge on any atom is 0.492 e. The Morgan fingerprint density at radius 3 is 2.56 bits per heavy atom. The van der Waals surface area contributed by atoms with Crippen molar-refractivity contribution in [3.63, 3.8) is 0 Å². The van der Waals surface area contributed by atoms with E-state index in [0.29, 0.717) is 5.06 Å². The van der Waals surface area contributed by atoms with Gasteiger partial charge in [0.25, 0.3) is 0 Å². The smallest absolute Gasteiger partial charge is 0.367 e. The number of nitrogens with zero attached hydrogens (tertiary/aromatic N) is 1. The van der Waals surface area contributed by atoms with Crippen molar-refractivity contribution in [1.29, 1.82) is 0 Å². The number of amides is 1. The van der Waals surface area contributed by atoms with Gasteiger partial charge in [-0.1, -0.05) is 0 Å². The predicted octanol–water partition coefficient (Wildman–Crippen LogP) is -0.807. The number of ether oxygens (including phenoxy) is 1. The van der Waals surface area contributed by atoms with E-state index in [2.05, 4.69) is 4.84 Å². The Bertz CT molecular complexity index is 294. The molecule has 1 heterocycles. The molecule has 1 aliphatic rings. The molecule has 1 saturated heterocycles. The highest BCUT2D eigenvalue weighted by Crippen LogP contribution is 2.18. The monoisotopic (exact) mass is 242 g/mol. The van der Waals surface area contributed by atoms with E-state index in [1.165, 1.54) is 0 Å². The predicted molar refractivity (Wildman–Crippen MR) is 42.7 cm³/mol. The molecule has 0 aromatic rings. The highest BCUT2D eigenvalue weighted by Gasteiger charge is 2.43. The minimum absolute atomic E-state index is 0.0429. The van der Waals surface area contributed by atoms with Gasteiger partial charge >= 0.3 is 12.1 Å². The second-order valence-electron chi connectivity index (χ2n) is 3.03. The minimum Gasteiger partial charge on any atom is -0.367 e. The van der Waals surface area contributed by atoms with E-state index in [1.807, 2.05) is 0 Å². The number of hydrogen-bond acceptors (Lipinski definition) is 5. The van der Waals surface area contributed by atoms with Crippen LogP contribution in [0.5, 0.6) is 0 Å². The summed E-state index contributed by atoms with van der Waals surface area (Å²) in [5.41, 5.74) is 4.89. The summed E-state index contributed by atoms with van der Waals surface area (Å²) >= 11 is 0. The molecule has 0 aromatic carbocycles. The average Bonchev–Trinajstić information content (AvgIpc) is 2.16. The third kappa shape index (κ3) is 3.35. The molecule has 0 aliphatic carbocycles. The first-order chi connectivity index (χ1) is 7.30. The van der Waals surface area contributed by atoms with Gasteiger partial charge in [0.05, 0.1) is 19.7 Å². The maximum atomic E-state index is 11.8. The Labute approximate surface area is 88.0 Å². The van der Waals surface area contributed by atoms with Gasteiger partial charge in [-0.2, -0.15) is 13.2 Å². The van der Waals surface area contributed by atoms with E-state index in [9.17, 15) is 22.8 Å². The molecule has 0 saturated carbocycles. The van der Waals surface area contributed by atoms with Gasteiger partial charge in [-0.15, -0.1) is 5.06 Å². The van der Waals surface area contributed by atoms with Crippen LogP contribution >= 0.6 is 0 Å². The Hall–Kier alpha value is -1.35. The van der Waals surface area contributed by atoms with Crippen LogP contribution in [0.15, 0.2) is 0 Å². The van der Waals surface area contributed by atoms with Gasteiger partial charge in [0.15, 0.2) is 6.10 Å². The van der Waals surface area contributed by atoms with Gasteiger partial charge in [-0.05, 0) is 0 Å². The third-order valence-electron chi connectivity index (χ3n) is 1.79. The molecule has 1 aliphatic heterocycles. The maximum absolute atomic E-state index is 11.8. The highest BCUT2D eigenvalue weighted by atomic mass is 19.4. The molecule has 9 heteroatoms. The number of rotatable bonds is 2. The molecule has 92 valence electrons. The van der Waals surface area contributed by atoms with Crippen LogP contribution in [0, 0.1) is 0 Å². The van der Waals surface area contributed by atoms with Crippen LogP contribution in [0.1, 0.15) is 0 Å². The van der Waals surface area contributed by atoms with Gasteiger partial charge in [-0.25, -0.2) is 4.79 Å². The number of halogens is 3. The van der Waals surface area contributed by atoms with E-state index >= 15 is 0 Å². The fourth-order valence-corrected chi connectivity index (χ4v) is 1.05. The lowest BCUT2D eigenvalue weighted by atomic mass is 10.3. The number of carbonyl (C=O) groups excluding carboxylic acids is 2. The molecule has 1 fully saturated rings. The summed E-state index contributed by atoms with van der Waals surface area (Å²) in [6.45, 7) is -0.401. The van der Waals surface area contributed by atoms with Crippen LogP contribution in [0.25, 0.3) is 0 Å². The van der Waals surface area contributed by atoms with Crippen LogP contribution in [-0.4, -0.2) is 48.9 Å². The van der Waals surface area contributed by atoms with Crippen LogP contribution in [0.4, 0.5) is 13.2 Å². The molecule has 1 amide bonds. The largest absolute Gasteiger partial charge is 0.492 e. The number of morpholine rings is 1. The molecule has 0 aromatic heterocycles. The lowest BCUT2D eigenvalue weighted by Gasteiger charge is -2.29. The summed E-state index contributed by atoms with van der Waals surface area (Å²) in [7, 11) is 0. The van der Waals surface area contributed by atoms with Gasteiger partial charge in [0, 0.05) is 0 Å². The van der Waals surface area contributed by atoms with E-state index in [0.717, 1.165) is 0 Å². The molecule has 0 bridgehead atoms. The Morgan fingerprint density at radius 2 is 2.06 bits per heavy atom. The Morgan fingerprint density at radius 1 is 1.44 bits per heavy atom. The number of hydroxylamine groups is 2. The van der Waals surface area contributed by atoms with Crippen molar-refractivity contribution >= 4 is 11.9 Å². The van der Waals surface area contributed by atoms with Crippen molar-refractivity contribution in [2.24, 2.45) is 5.73 Å². The quantitative estimate of drug-likeness (QED) is 0.685. The van der Waals surface area contributed by atoms with E-state index in [4.69, 9.17) is 10.5 Å². The van der Waals surface area contributed by atoms with Gasteiger partial charge < -0.3 is 15.3 Å². The summed E-state index contributed by atoms with van der Waals surface area (Å²) in [5, 5.41) is 0.703. The molecule has 2 N–H and O–H groups in total. The highest BCUT2D eigenvalue weighted by molar-refractivity contribution is 5.79. The molecule has 1 unspecified atom stereocenters. The molecular formula is C7H9F3N2O4. The Balaban J connectivity index is 2.49. The average molecular weight is 242 g/mol. The number of nitrogens with two attached hydrogens (primary N) is 1. The van der Waals surface area contributed by atoms with Crippen molar-refractivity contribution in [1.82, 2.24) is 5.06 Å². The van der Waals surface area contributed by atoms with Crippen molar-refractivity contribution in [2.45, 2.75) is 12.3 Å². The summed E-state index contributed by atoms with van der Waals surface area (Å²) in [5.74, 6) is -3.16. The van der Waals surface area contributed by atoms with Crippen molar-refractivity contribution in [3.05, 3.63) is 0 Å². The topological polar surface area (TPSA) is 81.9 Å². The molecule has 0 spiro atoms. The number of carbonyl (C=O) groups is 2. The zero-order valence-electron chi connectivity index (χ0n) is 7.99. The summed E-state index contributed by atoms with van der Waals surface area (Å²) in [4.78, 5) is 25.2. The first-order valence-electron chi connectivity index (χ1n) is 4.25. The number of alkyl halides is 3. The number of primary amides is 1. The zero-order chi connectivity index (χ0) is 12.3. The van der Waals surface area contributed by atoms with Crippen LogP contribution in [-0.2, 0) is 19.2 Å². The van der Waals surface area contributed by atoms with E-state index in [1.54, 1.807) is 0 Å². The fraction of sp³-hybridized carbons (Fsp3) is 0.714. The van der Waals surface area contributed by atoms with Crippen molar-refractivity contribution in [3.8, 4) is 0 Å². The molecule has 1 rings (SSSR count). The lowest BCUT2D eigenvalue weighted by Crippen LogP contribution is -2.49. The van der Waals surface area contributed by atoms with Crippen LogP contribution in [0.3, 0.4) is 0 Å². The molecular weight excluding hydrogens is 233 g/mol. The Kier molecular flexibility index (Phi) is 3.70. The summed E-state index contributed by atoms with van der Waals surface area (Å²) in [6, 6.07) is 0. The SMILES string of the molecule is NC(=O)C1CN(OC(=O)C(F)(F)F)CCO1. The van der Waals surface area contributed by atoms with E-state index in [-0.39, 0.29) is 19.7 Å². The summed E-state index contributed by atoms with van der Waals surface area (Å²) < 4.78 is 40.4. The van der Waals surface area contributed by atoms with Gasteiger partial charge in [0.1, 0.15) is 0 Å². The second-order valence-corrected chi connectivity index (χ2v) is 3.03. The molecule has 1 atom stereocenters. The zero-order valence-corrected chi connectivity index (χ0v) is 7.99. The van der Waals surface area contributed by atoms with Crippen molar-refractivity contribution in [2.75, 3.05) is 19.7 Å². The third-order valence-corrected chi connectivity index (χ3v) is 1.79. The van der Waals surface area contributed by atoms with Crippen LogP contribution in [0.2, 0.25) is 0 Å². The van der Waals surface area contributed by atoms with Gasteiger partial charge in [-0.3, -0.25) is 4.79 Å². The van der Waals surface area contributed by atoms with Gasteiger partial charge in [0.2, 0.25) is 5.91 Å². The molecule has 6 nitrogen and oxygen atoms in total. The van der Waals surface area contributed by atoms with Crippen molar-refractivity contribution < 1.29 is 32.3 Å². The fourth-order valence-electron chi connectivity index (χ4n) is 1.05. The molecule has 16 heavy (non-hydrogen) atoms. The minimum atomic E-state index is -5.07. The second kappa shape index (κ2) is 4.66. The molecule has 0 radical (unpaired) electrons. The normalized spacial score (nSPS) is 22.8. The summed E-state index contributed by atoms with van der Waals surface area (Å²) in [6.07, 6.45) is -6.14. The number of hydrogen-bond donors (Lipinski definition) is 1. The first kappa shape index (κ1) is 12.7. The lowest BCUT2D eigenvalue weighted by molar-refractivity contribution is -0.251. The van der Waals surface area contributed by atoms with Crippen LogP contribution < -0.4 is 5.73 Å². The standard InChI is InChI=1S/C7H9F3N2O4/c8-7(9,10)6(14)16-12-1-2-15-4(3-12)5(11)13/h4H,1-3H2,(H2,11,13).